The summed E-state index contributed by atoms with van der Waals surface area (Å²) in [4.78, 5) is 22.8. The standard InChI is InChI=1S/C31H42FN5O/c1-24-25(2)37(13-4-12-34-17-15-33(3)16-18-34)30-10-7-27(23-29(24)30)31(38)36-21-19-35(20-22-36)14-11-26-5-8-28(32)9-6-26/h5-10,23H,4,11-22H2,1-3H3. The second-order valence-electron chi connectivity index (χ2n) is 11.1. The molecule has 7 heteroatoms. The van der Waals surface area contributed by atoms with Gasteiger partial charge in [-0.25, -0.2) is 4.39 Å². The summed E-state index contributed by atoms with van der Waals surface area (Å²) in [7, 11) is 2.20. The molecule has 2 aromatic carbocycles. The Morgan fingerprint density at radius 3 is 2.18 bits per heavy atom. The highest BCUT2D eigenvalue weighted by Gasteiger charge is 2.23. The maximum atomic E-state index is 13.4. The van der Waals surface area contributed by atoms with Gasteiger partial charge in [0.2, 0.25) is 0 Å². The summed E-state index contributed by atoms with van der Waals surface area (Å²) in [5.41, 5.74) is 5.75. The van der Waals surface area contributed by atoms with Crippen LogP contribution in [0.15, 0.2) is 42.5 Å². The normalized spacial score (nSPS) is 17.9. The molecule has 2 saturated heterocycles. The molecule has 3 aromatic rings. The fourth-order valence-electron chi connectivity index (χ4n) is 5.89. The van der Waals surface area contributed by atoms with E-state index in [2.05, 4.69) is 52.3 Å². The molecule has 1 aromatic heterocycles. The minimum Gasteiger partial charge on any atom is -0.345 e. The Morgan fingerprint density at radius 1 is 0.816 bits per heavy atom. The van der Waals surface area contributed by atoms with E-state index in [1.165, 1.54) is 34.3 Å². The van der Waals surface area contributed by atoms with E-state index >= 15 is 0 Å². The van der Waals surface area contributed by atoms with Crippen molar-refractivity contribution in [2.75, 3.05) is 72.5 Å². The zero-order chi connectivity index (χ0) is 26.6. The number of carbonyl (C=O) groups excluding carboxylic acids is 1. The molecule has 0 radical (unpaired) electrons. The maximum absolute atomic E-state index is 13.4. The van der Waals surface area contributed by atoms with Crippen molar-refractivity contribution in [3.05, 3.63) is 70.7 Å². The Morgan fingerprint density at radius 2 is 1.47 bits per heavy atom. The molecule has 0 unspecified atom stereocenters. The fraction of sp³-hybridized carbons (Fsp3) is 0.516. The molecule has 5 rings (SSSR count). The Bertz CT molecular complexity index is 1240. The SMILES string of the molecule is Cc1c(C)n(CCCN2CCN(C)CC2)c2ccc(C(=O)N3CCN(CCc4ccc(F)cc4)CC3)cc12. The summed E-state index contributed by atoms with van der Waals surface area (Å²) < 4.78 is 15.6. The number of nitrogens with zero attached hydrogens (tertiary/aromatic N) is 5. The molecular weight excluding hydrogens is 477 g/mol. The van der Waals surface area contributed by atoms with Crippen LogP contribution < -0.4 is 0 Å². The minimum atomic E-state index is -0.192. The van der Waals surface area contributed by atoms with Crippen LogP contribution in [-0.2, 0) is 13.0 Å². The quantitative estimate of drug-likeness (QED) is 0.450. The van der Waals surface area contributed by atoms with Crippen LogP contribution in [0.2, 0.25) is 0 Å². The van der Waals surface area contributed by atoms with Crippen molar-refractivity contribution < 1.29 is 9.18 Å². The number of hydrogen-bond acceptors (Lipinski definition) is 4. The number of benzene rings is 2. The van der Waals surface area contributed by atoms with E-state index in [-0.39, 0.29) is 11.7 Å². The zero-order valence-electron chi connectivity index (χ0n) is 23.3. The molecule has 0 N–H and O–H groups in total. The van der Waals surface area contributed by atoms with Crippen LogP contribution in [0.3, 0.4) is 0 Å². The Kier molecular flexibility index (Phi) is 8.46. The number of hydrogen-bond donors (Lipinski definition) is 0. The van der Waals surface area contributed by atoms with E-state index in [1.54, 1.807) is 0 Å². The van der Waals surface area contributed by atoms with Gasteiger partial charge >= 0.3 is 0 Å². The number of aryl methyl sites for hydroxylation is 2. The van der Waals surface area contributed by atoms with Crippen molar-refractivity contribution in [3.63, 3.8) is 0 Å². The lowest BCUT2D eigenvalue weighted by molar-refractivity contribution is 0.0638. The van der Waals surface area contributed by atoms with E-state index in [0.29, 0.717) is 0 Å². The first kappa shape index (κ1) is 26.9. The highest BCUT2D eigenvalue weighted by Crippen LogP contribution is 2.27. The molecule has 2 aliphatic heterocycles. The number of amides is 1. The molecule has 2 aliphatic rings. The van der Waals surface area contributed by atoms with Gasteiger partial charge in [0, 0.05) is 87.6 Å². The van der Waals surface area contributed by atoms with E-state index in [4.69, 9.17) is 0 Å². The number of aromatic nitrogens is 1. The third-order valence-corrected chi connectivity index (χ3v) is 8.63. The third-order valence-electron chi connectivity index (χ3n) is 8.63. The highest BCUT2D eigenvalue weighted by atomic mass is 19.1. The van der Waals surface area contributed by atoms with Gasteiger partial charge in [-0.1, -0.05) is 12.1 Å². The van der Waals surface area contributed by atoms with Gasteiger partial charge in [0.25, 0.3) is 5.91 Å². The van der Waals surface area contributed by atoms with Crippen molar-refractivity contribution in [1.82, 2.24) is 24.2 Å². The van der Waals surface area contributed by atoms with Gasteiger partial charge in [-0.15, -0.1) is 0 Å². The molecule has 0 aliphatic carbocycles. The number of piperazine rings is 2. The summed E-state index contributed by atoms with van der Waals surface area (Å²) in [5, 5.41) is 1.20. The number of carbonyl (C=O) groups is 1. The van der Waals surface area contributed by atoms with Crippen LogP contribution in [0, 0.1) is 19.7 Å². The highest BCUT2D eigenvalue weighted by molar-refractivity contribution is 5.99. The summed E-state index contributed by atoms with van der Waals surface area (Å²) in [5.74, 6) is -0.0628. The van der Waals surface area contributed by atoms with Gasteiger partial charge in [-0.2, -0.15) is 0 Å². The van der Waals surface area contributed by atoms with Gasteiger partial charge in [0.1, 0.15) is 5.82 Å². The Labute approximate surface area is 226 Å². The molecule has 0 saturated carbocycles. The smallest absolute Gasteiger partial charge is 0.253 e. The number of likely N-dealkylation sites (N-methyl/N-ethyl adjacent to an activating group) is 1. The molecule has 3 heterocycles. The molecular formula is C31H42FN5O. The Hall–Kier alpha value is -2.74. The second kappa shape index (κ2) is 12.0. The summed E-state index contributed by atoms with van der Waals surface area (Å²) in [6, 6.07) is 13.0. The molecule has 0 bridgehead atoms. The van der Waals surface area contributed by atoms with Gasteiger partial charge in [0.15, 0.2) is 0 Å². The van der Waals surface area contributed by atoms with Crippen LogP contribution in [0.4, 0.5) is 4.39 Å². The van der Waals surface area contributed by atoms with Crippen LogP contribution >= 0.6 is 0 Å². The van der Waals surface area contributed by atoms with Crippen molar-refractivity contribution in [2.24, 2.45) is 0 Å². The topological polar surface area (TPSA) is 35.0 Å². The molecule has 204 valence electrons. The van der Waals surface area contributed by atoms with E-state index < -0.39 is 0 Å². The lowest BCUT2D eigenvalue weighted by Crippen LogP contribution is -2.49. The predicted octanol–water partition coefficient (Wildman–Crippen LogP) is 4.04. The summed E-state index contributed by atoms with van der Waals surface area (Å²) >= 11 is 0. The van der Waals surface area contributed by atoms with Gasteiger partial charge in [-0.3, -0.25) is 9.69 Å². The van der Waals surface area contributed by atoms with E-state index in [9.17, 15) is 9.18 Å². The first-order valence-corrected chi connectivity index (χ1v) is 14.2. The van der Waals surface area contributed by atoms with Crippen molar-refractivity contribution in [1.29, 1.82) is 0 Å². The Balaban J connectivity index is 1.16. The predicted molar refractivity (Wildman–Crippen MR) is 152 cm³/mol. The van der Waals surface area contributed by atoms with Crippen LogP contribution in [0.1, 0.15) is 33.6 Å². The first-order valence-electron chi connectivity index (χ1n) is 14.2. The number of rotatable bonds is 8. The largest absolute Gasteiger partial charge is 0.345 e. The fourth-order valence-corrected chi connectivity index (χ4v) is 5.89. The van der Waals surface area contributed by atoms with Crippen molar-refractivity contribution >= 4 is 16.8 Å². The molecule has 6 nitrogen and oxygen atoms in total. The second-order valence-corrected chi connectivity index (χ2v) is 11.1. The van der Waals surface area contributed by atoms with Crippen LogP contribution in [0.25, 0.3) is 10.9 Å². The summed E-state index contributed by atoms with van der Waals surface area (Å²) in [6.45, 7) is 15.3. The molecule has 1 amide bonds. The number of fused-ring (bicyclic) bond motifs is 1. The van der Waals surface area contributed by atoms with Crippen molar-refractivity contribution in [2.45, 2.75) is 33.2 Å². The third kappa shape index (κ3) is 6.11. The monoisotopic (exact) mass is 519 g/mol. The first-order chi connectivity index (χ1) is 18.4. The van der Waals surface area contributed by atoms with E-state index in [1.807, 2.05) is 23.1 Å². The van der Waals surface area contributed by atoms with Gasteiger partial charge in [0.05, 0.1) is 0 Å². The lowest BCUT2D eigenvalue weighted by Gasteiger charge is -2.34. The lowest BCUT2D eigenvalue weighted by atomic mass is 10.1. The van der Waals surface area contributed by atoms with Crippen LogP contribution in [-0.4, -0.2) is 103 Å². The minimum absolute atomic E-state index is 0.130. The average Bonchev–Trinajstić information content (AvgIpc) is 3.18. The van der Waals surface area contributed by atoms with Gasteiger partial charge < -0.3 is 19.3 Å². The molecule has 0 spiro atoms. The maximum Gasteiger partial charge on any atom is 0.253 e. The van der Waals surface area contributed by atoms with Gasteiger partial charge in [-0.05, 0) is 81.7 Å². The zero-order valence-corrected chi connectivity index (χ0v) is 23.3. The molecule has 38 heavy (non-hydrogen) atoms. The van der Waals surface area contributed by atoms with Crippen LogP contribution in [0.5, 0.6) is 0 Å². The number of halogens is 1. The molecule has 2 fully saturated rings. The molecule has 0 atom stereocenters. The van der Waals surface area contributed by atoms with E-state index in [0.717, 1.165) is 96.0 Å². The average molecular weight is 520 g/mol. The summed E-state index contributed by atoms with van der Waals surface area (Å²) in [6.07, 6.45) is 2.04. The van der Waals surface area contributed by atoms with Crippen molar-refractivity contribution in [3.8, 4) is 0 Å².